The maximum absolute atomic E-state index is 12.6. The van der Waals surface area contributed by atoms with Crippen LogP contribution in [0.2, 0.25) is 0 Å². The average Bonchev–Trinajstić information content (AvgIpc) is 2.68. The van der Waals surface area contributed by atoms with Gasteiger partial charge in [0.25, 0.3) is 5.56 Å². The van der Waals surface area contributed by atoms with Crippen LogP contribution in [-0.4, -0.2) is 15.1 Å². The smallest absolute Gasteiger partial charge is 0.259 e. The Morgan fingerprint density at radius 2 is 1.69 bits per heavy atom. The molecule has 4 nitrogen and oxygen atoms in total. The van der Waals surface area contributed by atoms with Gasteiger partial charge in [-0.15, -0.1) is 0 Å². The van der Waals surface area contributed by atoms with E-state index in [9.17, 15) is 9.90 Å². The van der Waals surface area contributed by atoms with Crippen molar-refractivity contribution in [2.45, 2.75) is 50.9 Å². The highest BCUT2D eigenvalue weighted by atomic mass is 16.3. The Kier molecular flexibility index (Phi) is 3.54. The zero-order chi connectivity index (χ0) is 19.8. The summed E-state index contributed by atoms with van der Waals surface area (Å²) in [6.07, 6.45) is 7.69. The van der Waals surface area contributed by atoms with E-state index in [-0.39, 0.29) is 11.0 Å². The third-order valence-electron chi connectivity index (χ3n) is 7.73. The van der Waals surface area contributed by atoms with Crippen LogP contribution in [0.1, 0.15) is 49.7 Å². The average molecular weight is 386 g/mol. The minimum absolute atomic E-state index is 0.0940. The largest absolute Gasteiger partial charge is 0.507 e. The van der Waals surface area contributed by atoms with Gasteiger partial charge in [-0.05, 0) is 92.4 Å². The molecule has 0 amide bonds. The molecular formula is C25H26N2O2. The van der Waals surface area contributed by atoms with Crippen LogP contribution in [0, 0.1) is 24.7 Å². The molecule has 4 saturated carbocycles. The molecular weight excluding hydrogens is 360 g/mol. The van der Waals surface area contributed by atoms with Gasteiger partial charge in [-0.1, -0.05) is 18.2 Å². The molecule has 0 spiro atoms. The number of nitrogens with zero attached hydrogens (tertiary/aromatic N) is 1. The molecule has 4 fully saturated rings. The lowest BCUT2D eigenvalue weighted by atomic mass is 9.48. The van der Waals surface area contributed by atoms with Gasteiger partial charge in [0, 0.05) is 5.56 Å². The van der Waals surface area contributed by atoms with E-state index < -0.39 is 0 Å². The predicted molar refractivity (Wildman–Crippen MR) is 114 cm³/mol. The van der Waals surface area contributed by atoms with E-state index in [0.29, 0.717) is 28.0 Å². The van der Waals surface area contributed by atoms with Gasteiger partial charge >= 0.3 is 0 Å². The highest BCUT2D eigenvalue weighted by Crippen LogP contribution is 2.62. The van der Waals surface area contributed by atoms with Gasteiger partial charge in [-0.2, -0.15) is 0 Å². The number of para-hydroxylation sites is 1. The number of aromatic amines is 1. The van der Waals surface area contributed by atoms with Gasteiger partial charge in [0.05, 0.1) is 16.5 Å². The van der Waals surface area contributed by atoms with E-state index in [0.717, 1.165) is 28.9 Å². The molecule has 2 aromatic carbocycles. The van der Waals surface area contributed by atoms with Crippen LogP contribution in [-0.2, 0) is 5.41 Å². The highest BCUT2D eigenvalue weighted by Gasteiger charge is 2.52. The SMILES string of the molecule is Cc1cc(-c2nc3ccccc3c(=O)[nH]2)c(O)c(C23CC4CC(CC(C4)C2)C3)c1. The van der Waals surface area contributed by atoms with Crippen molar-refractivity contribution in [3.05, 3.63) is 57.9 Å². The number of hydrogen-bond acceptors (Lipinski definition) is 3. The second-order valence-electron chi connectivity index (χ2n) is 9.84. The number of phenolic OH excluding ortho intramolecular Hbond substituents is 1. The standard InChI is InChI=1S/C25H26N2O2/c1-14-6-19(23-26-21-5-3-2-4-18(21)24(29)27-23)22(28)20(7-14)25-11-15-8-16(12-25)10-17(9-15)13-25/h2-7,15-17,28H,8-13H2,1H3,(H,26,27,29). The zero-order valence-corrected chi connectivity index (χ0v) is 16.7. The van der Waals surface area contributed by atoms with Gasteiger partial charge in [-0.3, -0.25) is 4.79 Å². The molecule has 0 radical (unpaired) electrons. The summed E-state index contributed by atoms with van der Waals surface area (Å²) in [5.41, 5.74) is 3.43. The molecule has 29 heavy (non-hydrogen) atoms. The van der Waals surface area contributed by atoms with Crippen molar-refractivity contribution in [2.24, 2.45) is 17.8 Å². The van der Waals surface area contributed by atoms with Crippen molar-refractivity contribution in [1.82, 2.24) is 9.97 Å². The van der Waals surface area contributed by atoms with Crippen LogP contribution in [0.4, 0.5) is 0 Å². The number of nitrogens with one attached hydrogen (secondary N) is 1. The minimum Gasteiger partial charge on any atom is -0.507 e. The molecule has 1 heterocycles. The van der Waals surface area contributed by atoms with Crippen LogP contribution in [0.3, 0.4) is 0 Å². The Bertz CT molecular complexity index is 1160. The summed E-state index contributed by atoms with van der Waals surface area (Å²) in [7, 11) is 0. The van der Waals surface area contributed by atoms with Gasteiger partial charge in [-0.25, -0.2) is 4.98 Å². The maximum Gasteiger partial charge on any atom is 0.259 e. The summed E-state index contributed by atoms with van der Waals surface area (Å²) in [4.78, 5) is 20.2. The van der Waals surface area contributed by atoms with E-state index in [4.69, 9.17) is 0 Å². The van der Waals surface area contributed by atoms with Crippen LogP contribution in [0.5, 0.6) is 5.75 Å². The molecule has 0 aliphatic heterocycles. The summed E-state index contributed by atoms with van der Waals surface area (Å²) in [5, 5.41) is 12.0. The second kappa shape index (κ2) is 5.94. The number of phenols is 1. The molecule has 7 rings (SSSR count). The van der Waals surface area contributed by atoms with E-state index in [1.54, 1.807) is 6.07 Å². The summed E-state index contributed by atoms with van der Waals surface area (Å²) < 4.78 is 0. The highest BCUT2D eigenvalue weighted by molar-refractivity contribution is 5.80. The predicted octanol–water partition coefficient (Wildman–Crippen LogP) is 5.07. The monoisotopic (exact) mass is 386 g/mol. The number of aromatic hydroxyl groups is 1. The Morgan fingerprint density at radius 1 is 1.03 bits per heavy atom. The van der Waals surface area contributed by atoms with E-state index in [1.165, 1.54) is 38.5 Å². The van der Waals surface area contributed by atoms with Crippen molar-refractivity contribution in [3.8, 4) is 17.1 Å². The Hall–Kier alpha value is -2.62. The number of benzene rings is 2. The molecule has 3 aromatic rings. The van der Waals surface area contributed by atoms with Crippen LogP contribution < -0.4 is 5.56 Å². The van der Waals surface area contributed by atoms with Gasteiger partial charge < -0.3 is 10.1 Å². The number of aryl methyl sites for hydroxylation is 1. The molecule has 0 unspecified atom stereocenters. The fraction of sp³-hybridized carbons (Fsp3) is 0.440. The van der Waals surface area contributed by atoms with Gasteiger partial charge in [0.15, 0.2) is 0 Å². The van der Waals surface area contributed by atoms with Crippen molar-refractivity contribution < 1.29 is 5.11 Å². The lowest BCUT2D eigenvalue weighted by Gasteiger charge is -2.57. The van der Waals surface area contributed by atoms with Crippen molar-refractivity contribution >= 4 is 10.9 Å². The maximum atomic E-state index is 12.6. The molecule has 4 aliphatic carbocycles. The first-order chi connectivity index (χ1) is 14.0. The number of hydrogen-bond donors (Lipinski definition) is 2. The number of aromatic nitrogens is 2. The molecule has 4 bridgehead atoms. The van der Waals surface area contributed by atoms with Crippen molar-refractivity contribution in [2.75, 3.05) is 0 Å². The lowest BCUT2D eigenvalue weighted by Crippen LogP contribution is -2.48. The third kappa shape index (κ3) is 2.58. The lowest BCUT2D eigenvalue weighted by molar-refractivity contribution is -0.00612. The van der Waals surface area contributed by atoms with Gasteiger partial charge in [0.2, 0.25) is 0 Å². The fourth-order valence-electron chi connectivity index (χ4n) is 7.02. The van der Waals surface area contributed by atoms with Gasteiger partial charge in [0.1, 0.15) is 11.6 Å². The molecule has 1 aromatic heterocycles. The summed E-state index contributed by atoms with van der Waals surface area (Å²) in [6.45, 7) is 2.08. The Morgan fingerprint density at radius 3 is 2.38 bits per heavy atom. The number of rotatable bonds is 2. The number of H-pyrrole nitrogens is 1. The third-order valence-corrected chi connectivity index (χ3v) is 7.73. The molecule has 4 heteroatoms. The van der Waals surface area contributed by atoms with Crippen molar-refractivity contribution in [3.63, 3.8) is 0 Å². The molecule has 2 N–H and O–H groups in total. The molecule has 0 saturated heterocycles. The van der Waals surface area contributed by atoms with E-state index in [1.807, 2.05) is 24.3 Å². The summed E-state index contributed by atoms with van der Waals surface area (Å²) >= 11 is 0. The summed E-state index contributed by atoms with van der Waals surface area (Å²) in [6, 6.07) is 11.5. The summed E-state index contributed by atoms with van der Waals surface area (Å²) in [5.74, 6) is 3.20. The van der Waals surface area contributed by atoms with Crippen LogP contribution >= 0.6 is 0 Å². The number of fused-ring (bicyclic) bond motifs is 1. The van der Waals surface area contributed by atoms with Crippen molar-refractivity contribution in [1.29, 1.82) is 0 Å². The van der Waals surface area contributed by atoms with E-state index >= 15 is 0 Å². The topological polar surface area (TPSA) is 66.0 Å². The second-order valence-corrected chi connectivity index (χ2v) is 9.84. The molecule has 0 atom stereocenters. The van der Waals surface area contributed by atoms with E-state index in [2.05, 4.69) is 23.0 Å². The first-order valence-corrected chi connectivity index (χ1v) is 10.8. The minimum atomic E-state index is -0.164. The fourth-order valence-corrected chi connectivity index (χ4v) is 7.02. The molecule has 4 aliphatic rings. The first kappa shape index (κ1) is 17.3. The Labute approximate surface area is 170 Å². The zero-order valence-electron chi connectivity index (χ0n) is 16.7. The normalized spacial score (nSPS) is 30.2. The van der Waals surface area contributed by atoms with Crippen LogP contribution in [0.15, 0.2) is 41.2 Å². The molecule has 148 valence electrons. The first-order valence-electron chi connectivity index (χ1n) is 10.8. The quantitative estimate of drug-likeness (QED) is 0.646. The van der Waals surface area contributed by atoms with Crippen LogP contribution in [0.25, 0.3) is 22.3 Å². The Balaban J connectivity index is 1.53.